The number of carbonyl (C=O) groups is 1. The van der Waals surface area contributed by atoms with E-state index in [1.165, 1.54) is 22.5 Å². The maximum atomic E-state index is 12.9. The first kappa shape index (κ1) is 21.9. The molecule has 0 spiro atoms. The molecule has 29 heavy (non-hydrogen) atoms. The summed E-state index contributed by atoms with van der Waals surface area (Å²) in [7, 11) is -3.73. The molecule has 0 unspecified atom stereocenters. The highest BCUT2D eigenvalue weighted by Gasteiger charge is 2.28. The first-order valence-corrected chi connectivity index (χ1v) is 11.5. The van der Waals surface area contributed by atoms with Crippen LogP contribution in [0.1, 0.15) is 29.6 Å². The summed E-state index contributed by atoms with van der Waals surface area (Å²) in [6.07, 6.45) is 2.66. The molecular formula is C20H22Cl2N2O4S. The van der Waals surface area contributed by atoms with Gasteiger partial charge in [-0.1, -0.05) is 29.6 Å². The van der Waals surface area contributed by atoms with E-state index in [9.17, 15) is 13.2 Å². The van der Waals surface area contributed by atoms with Crippen LogP contribution in [0.3, 0.4) is 0 Å². The number of sulfonamides is 1. The highest BCUT2D eigenvalue weighted by molar-refractivity contribution is 7.89. The van der Waals surface area contributed by atoms with Gasteiger partial charge in [0.05, 0.1) is 11.6 Å². The molecule has 1 aliphatic heterocycles. The van der Waals surface area contributed by atoms with Crippen LogP contribution < -0.4 is 10.1 Å². The van der Waals surface area contributed by atoms with Gasteiger partial charge in [0.15, 0.2) is 0 Å². The lowest BCUT2D eigenvalue weighted by atomic mass is 10.2. The molecular weight excluding hydrogens is 435 g/mol. The minimum Gasteiger partial charge on any atom is -0.492 e. The van der Waals surface area contributed by atoms with Gasteiger partial charge in [0.1, 0.15) is 17.3 Å². The molecule has 0 saturated carbocycles. The molecule has 1 fully saturated rings. The second kappa shape index (κ2) is 9.80. The molecule has 0 aromatic heterocycles. The predicted octanol–water partition coefficient (Wildman–Crippen LogP) is 3.98. The van der Waals surface area contributed by atoms with Gasteiger partial charge in [0.25, 0.3) is 5.91 Å². The van der Waals surface area contributed by atoms with Gasteiger partial charge in [-0.15, -0.1) is 0 Å². The van der Waals surface area contributed by atoms with E-state index in [0.29, 0.717) is 23.9 Å². The lowest BCUT2D eigenvalue weighted by Gasteiger charge is -2.26. The fourth-order valence-corrected chi connectivity index (χ4v) is 5.20. The van der Waals surface area contributed by atoms with Crippen LogP contribution in [0.25, 0.3) is 0 Å². The van der Waals surface area contributed by atoms with Crippen molar-refractivity contribution in [2.75, 3.05) is 26.2 Å². The molecule has 3 rings (SSSR count). The third-order valence-electron chi connectivity index (χ3n) is 4.60. The van der Waals surface area contributed by atoms with Crippen molar-refractivity contribution in [1.29, 1.82) is 0 Å². The molecule has 9 heteroatoms. The number of nitrogens with one attached hydrogen (secondary N) is 1. The number of amides is 1. The minimum atomic E-state index is -3.73. The highest BCUT2D eigenvalue weighted by Crippen LogP contribution is 2.27. The van der Waals surface area contributed by atoms with Crippen LogP contribution in [0.4, 0.5) is 0 Å². The third kappa shape index (κ3) is 5.63. The fraction of sp³-hybridized carbons (Fsp3) is 0.350. The molecule has 1 aliphatic rings. The van der Waals surface area contributed by atoms with Gasteiger partial charge >= 0.3 is 0 Å². The molecule has 1 saturated heterocycles. The topological polar surface area (TPSA) is 75.7 Å². The Labute approximate surface area is 180 Å². The molecule has 2 aromatic rings. The van der Waals surface area contributed by atoms with E-state index in [1.54, 1.807) is 24.3 Å². The van der Waals surface area contributed by atoms with Crippen LogP contribution in [-0.4, -0.2) is 44.9 Å². The predicted molar refractivity (Wildman–Crippen MR) is 113 cm³/mol. The Balaban J connectivity index is 1.62. The maximum absolute atomic E-state index is 12.9. The van der Waals surface area contributed by atoms with Crippen LogP contribution in [-0.2, 0) is 10.0 Å². The number of benzene rings is 2. The van der Waals surface area contributed by atoms with E-state index in [0.717, 1.165) is 19.3 Å². The SMILES string of the molecule is O=C(NCCOc1ccc(Cl)cc1)c1ccc(Cl)c(S(=O)(=O)N2CCCCC2)c1. The van der Waals surface area contributed by atoms with Crippen LogP contribution in [0.15, 0.2) is 47.4 Å². The van der Waals surface area contributed by atoms with Crippen molar-refractivity contribution < 1.29 is 17.9 Å². The van der Waals surface area contributed by atoms with Gasteiger partial charge in [-0.3, -0.25) is 4.79 Å². The first-order chi connectivity index (χ1) is 13.9. The Hall–Kier alpha value is -1.80. The van der Waals surface area contributed by atoms with Crippen molar-refractivity contribution in [2.24, 2.45) is 0 Å². The van der Waals surface area contributed by atoms with Gasteiger partial charge in [0, 0.05) is 23.7 Å². The molecule has 0 atom stereocenters. The quantitative estimate of drug-likeness (QED) is 0.639. The number of nitrogens with zero attached hydrogens (tertiary/aromatic N) is 1. The second-order valence-corrected chi connectivity index (χ2v) is 9.42. The standard InChI is InChI=1S/C20H22Cl2N2O4S/c21-16-5-7-17(8-6-16)28-13-10-23-20(25)15-4-9-18(22)19(14-15)29(26,27)24-11-2-1-3-12-24/h4-9,14H,1-3,10-13H2,(H,23,25). The van der Waals surface area contributed by atoms with Crippen molar-refractivity contribution in [2.45, 2.75) is 24.2 Å². The normalized spacial score (nSPS) is 15.1. The molecule has 1 amide bonds. The van der Waals surface area contributed by atoms with Gasteiger partial charge < -0.3 is 10.1 Å². The van der Waals surface area contributed by atoms with E-state index < -0.39 is 15.9 Å². The Bertz CT molecular complexity index is 959. The zero-order valence-corrected chi connectivity index (χ0v) is 18.1. The average Bonchev–Trinajstić information content (AvgIpc) is 2.73. The number of ether oxygens (including phenoxy) is 1. The van der Waals surface area contributed by atoms with Crippen molar-refractivity contribution in [3.63, 3.8) is 0 Å². The minimum absolute atomic E-state index is 0.0360. The van der Waals surface area contributed by atoms with Crippen LogP contribution >= 0.6 is 23.2 Å². The fourth-order valence-electron chi connectivity index (χ4n) is 3.05. The molecule has 1 N–H and O–H groups in total. The van der Waals surface area contributed by atoms with Gasteiger partial charge in [-0.05, 0) is 55.3 Å². The zero-order chi connectivity index (χ0) is 20.9. The van der Waals surface area contributed by atoms with Crippen LogP contribution in [0.5, 0.6) is 5.75 Å². The second-order valence-electron chi connectivity index (χ2n) is 6.67. The van der Waals surface area contributed by atoms with Crippen molar-refractivity contribution >= 4 is 39.1 Å². The number of rotatable bonds is 7. The van der Waals surface area contributed by atoms with E-state index in [1.807, 2.05) is 0 Å². The Morgan fingerprint density at radius 3 is 2.41 bits per heavy atom. The van der Waals surface area contributed by atoms with Gasteiger partial charge in [-0.2, -0.15) is 4.31 Å². The number of hydrogen-bond acceptors (Lipinski definition) is 4. The lowest BCUT2D eigenvalue weighted by molar-refractivity contribution is 0.0947. The summed E-state index contributed by atoms with van der Waals surface area (Å²) in [4.78, 5) is 12.4. The number of piperidine rings is 1. The molecule has 0 aliphatic carbocycles. The summed E-state index contributed by atoms with van der Waals surface area (Å²) >= 11 is 12.0. The molecule has 156 valence electrons. The number of carbonyl (C=O) groups excluding carboxylic acids is 1. The van der Waals surface area contributed by atoms with Gasteiger partial charge in [0.2, 0.25) is 10.0 Å². The van der Waals surface area contributed by atoms with E-state index >= 15 is 0 Å². The molecule has 6 nitrogen and oxygen atoms in total. The van der Waals surface area contributed by atoms with E-state index in [2.05, 4.69) is 5.32 Å². The van der Waals surface area contributed by atoms with Crippen LogP contribution in [0, 0.1) is 0 Å². The molecule has 2 aromatic carbocycles. The van der Waals surface area contributed by atoms with Crippen molar-refractivity contribution in [3.05, 3.63) is 58.1 Å². The zero-order valence-electron chi connectivity index (χ0n) is 15.7. The summed E-state index contributed by atoms with van der Waals surface area (Å²) < 4.78 is 32.8. The van der Waals surface area contributed by atoms with E-state index in [4.69, 9.17) is 27.9 Å². The van der Waals surface area contributed by atoms with Gasteiger partial charge in [-0.25, -0.2) is 8.42 Å². The monoisotopic (exact) mass is 456 g/mol. The smallest absolute Gasteiger partial charge is 0.251 e. The Kier molecular flexibility index (Phi) is 7.40. The Morgan fingerprint density at radius 2 is 1.72 bits per heavy atom. The van der Waals surface area contributed by atoms with Crippen LogP contribution in [0.2, 0.25) is 10.0 Å². The number of halogens is 2. The Morgan fingerprint density at radius 1 is 1.03 bits per heavy atom. The van der Waals surface area contributed by atoms with E-state index in [-0.39, 0.29) is 28.6 Å². The first-order valence-electron chi connectivity index (χ1n) is 9.34. The summed E-state index contributed by atoms with van der Waals surface area (Å²) in [5, 5.41) is 3.44. The molecule has 0 radical (unpaired) electrons. The largest absolute Gasteiger partial charge is 0.492 e. The number of hydrogen-bond donors (Lipinski definition) is 1. The van der Waals surface area contributed by atoms with Crippen molar-refractivity contribution in [3.8, 4) is 5.75 Å². The maximum Gasteiger partial charge on any atom is 0.251 e. The highest BCUT2D eigenvalue weighted by atomic mass is 35.5. The summed E-state index contributed by atoms with van der Waals surface area (Å²) in [5.74, 6) is 0.251. The summed E-state index contributed by atoms with van der Waals surface area (Å²) in [6.45, 7) is 1.46. The molecule has 1 heterocycles. The summed E-state index contributed by atoms with van der Waals surface area (Å²) in [6, 6.07) is 11.2. The molecule has 0 bridgehead atoms. The lowest BCUT2D eigenvalue weighted by Crippen LogP contribution is -2.36. The average molecular weight is 457 g/mol. The van der Waals surface area contributed by atoms with Crippen molar-refractivity contribution in [1.82, 2.24) is 9.62 Å². The third-order valence-corrected chi connectivity index (χ3v) is 7.23. The summed E-state index contributed by atoms with van der Waals surface area (Å²) in [5.41, 5.74) is 0.233.